The number of likely N-dealkylation sites (N-methyl/N-ethyl adjacent to an activating group) is 1. The molecule has 0 aromatic heterocycles. The fourth-order valence-electron chi connectivity index (χ4n) is 2.33. The molecule has 1 heterocycles. The minimum absolute atomic E-state index is 0.168. The second-order valence-electron chi connectivity index (χ2n) is 5.30. The van der Waals surface area contributed by atoms with Crippen LogP contribution in [0.25, 0.3) is 0 Å². The van der Waals surface area contributed by atoms with Crippen LogP contribution in [0, 0.1) is 5.82 Å². The van der Waals surface area contributed by atoms with Crippen molar-refractivity contribution in [2.75, 3.05) is 46.3 Å². The maximum Gasteiger partial charge on any atom is 0.123 e. The molecule has 1 saturated heterocycles. The SMILES string of the molecule is CN1CCN(CCCNCc2ccc(F)cc2)CC1. The van der Waals surface area contributed by atoms with Crippen LogP contribution in [0.5, 0.6) is 0 Å². The average Bonchev–Trinajstić information content (AvgIpc) is 2.43. The summed E-state index contributed by atoms with van der Waals surface area (Å²) in [4.78, 5) is 4.91. The van der Waals surface area contributed by atoms with E-state index in [1.165, 1.54) is 51.3 Å². The van der Waals surface area contributed by atoms with Crippen LogP contribution in [0.2, 0.25) is 0 Å². The highest BCUT2D eigenvalue weighted by atomic mass is 19.1. The van der Waals surface area contributed by atoms with E-state index in [0.717, 1.165) is 18.7 Å². The first-order valence-corrected chi connectivity index (χ1v) is 7.10. The summed E-state index contributed by atoms with van der Waals surface area (Å²) in [6.07, 6.45) is 1.17. The lowest BCUT2D eigenvalue weighted by atomic mass is 10.2. The van der Waals surface area contributed by atoms with Crippen molar-refractivity contribution >= 4 is 0 Å². The number of benzene rings is 1. The van der Waals surface area contributed by atoms with E-state index >= 15 is 0 Å². The molecule has 1 aromatic rings. The van der Waals surface area contributed by atoms with Crippen LogP contribution in [0.15, 0.2) is 24.3 Å². The zero-order chi connectivity index (χ0) is 13.5. The fraction of sp³-hybridized carbons (Fsp3) is 0.600. The summed E-state index contributed by atoms with van der Waals surface area (Å²) in [7, 11) is 2.18. The number of hydrogen-bond donors (Lipinski definition) is 1. The lowest BCUT2D eigenvalue weighted by Crippen LogP contribution is -2.45. The zero-order valence-electron chi connectivity index (χ0n) is 11.7. The Morgan fingerprint density at radius 2 is 1.79 bits per heavy atom. The molecule has 1 aromatic carbocycles. The van der Waals surface area contributed by atoms with Crippen molar-refractivity contribution in [2.45, 2.75) is 13.0 Å². The number of piperazine rings is 1. The lowest BCUT2D eigenvalue weighted by molar-refractivity contribution is 0.153. The molecule has 0 aliphatic carbocycles. The first-order valence-electron chi connectivity index (χ1n) is 7.10. The molecule has 4 heteroatoms. The maximum atomic E-state index is 12.7. The molecule has 0 bridgehead atoms. The second kappa shape index (κ2) is 7.58. The van der Waals surface area contributed by atoms with Gasteiger partial charge in [-0.15, -0.1) is 0 Å². The van der Waals surface area contributed by atoms with Crippen molar-refractivity contribution in [3.05, 3.63) is 35.6 Å². The Labute approximate surface area is 115 Å². The molecule has 2 rings (SSSR count). The van der Waals surface area contributed by atoms with Crippen LogP contribution in [0.1, 0.15) is 12.0 Å². The van der Waals surface area contributed by atoms with E-state index in [0.29, 0.717) is 0 Å². The van der Waals surface area contributed by atoms with Gasteiger partial charge in [-0.2, -0.15) is 0 Å². The van der Waals surface area contributed by atoms with Crippen molar-refractivity contribution in [1.82, 2.24) is 15.1 Å². The van der Waals surface area contributed by atoms with Crippen LogP contribution in [0.4, 0.5) is 4.39 Å². The van der Waals surface area contributed by atoms with Crippen LogP contribution in [0.3, 0.4) is 0 Å². The zero-order valence-corrected chi connectivity index (χ0v) is 11.7. The van der Waals surface area contributed by atoms with Gasteiger partial charge < -0.3 is 15.1 Å². The number of rotatable bonds is 6. The summed E-state index contributed by atoms with van der Waals surface area (Å²) in [5.74, 6) is -0.168. The van der Waals surface area contributed by atoms with E-state index in [4.69, 9.17) is 0 Å². The Morgan fingerprint density at radius 1 is 1.11 bits per heavy atom. The van der Waals surface area contributed by atoms with Gasteiger partial charge in [0.2, 0.25) is 0 Å². The predicted octanol–water partition coefficient (Wildman–Crippen LogP) is 1.55. The first kappa shape index (κ1) is 14.4. The Bertz CT molecular complexity index is 358. The van der Waals surface area contributed by atoms with E-state index in [2.05, 4.69) is 22.2 Å². The summed E-state index contributed by atoms with van der Waals surface area (Å²) < 4.78 is 12.7. The van der Waals surface area contributed by atoms with Crippen LogP contribution in [-0.4, -0.2) is 56.1 Å². The lowest BCUT2D eigenvalue weighted by Gasteiger charge is -2.32. The van der Waals surface area contributed by atoms with Crippen molar-refractivity contribution in [3.8, 4) is 0 Å². The molecule has 1 fully saturated rings. The second-order valence-corrected chi connectivity index (χ2v) is 5.30. The molecule has 3 nitrogen and oxygen atoms in total. The fourth-order valence-corrected chi connectivity index (χ4v) is 2.33. The highest BCUT2D eigenvalue weighted by Gasteiger charge is 2.12. The van der Waals surface area contributed by atoms with E-state index in [1.54, 1.807) is 0 Å². The summed E-state index contributed by atoms with van der Waals surface area (Å²) in [6.45, 7) is 7.76. The molecular formula is C15H24FN3. The molecule has 0 spiro atoms. The molecule has 0 saturated carbocycles. The average molecular weight is 265 g/mol. The van der Waals surface area contributed by atoms with Gasteiger partial charge in [-0.25, -0.2) is 4.39 Å². The van der Waals surface area contributed by atoms with E-state index in [-0.39, 0.29) is 5.82 Å². The third-order valence-electron chi connectivity index (χ3n) is 3.67. The van der Waals surface area contributed by atoms with Gasteiger partial charge in [-0.05, 0) is 44.3 Å². The molecule has 106 valence electrons. The molecule has 0 radical (unpaired) electrons. The number of nitrogens with zero attached hydrogens (tertiary/aromatic N) is 2. The van der Waals surface area contributed by atoms with Gasteiger partial charge in [-0.1, -0.05) is 12.1 Å². The van der Waals surface area contributed by atoms with Gasteiger partial charge in [-0.3, -0.25) is 0 Å². The van der Waals surface area contributed by atoms with Crippen molar-refractivity contribution < 1.29 is 4.39 Å². The number of hydrogen-bond acceptors (Lipinski definition) is 3. The molecule has 0 unspecified atom stereocenters. The van der Waals surface area contributed by atoms with Gasteiger partial charge in [0.25, 0.3) is 0 Å². The molecule has 1 aliphatic heterocycles. The van der Waals surface area contributed by atoms with Gasteiger partial charge in [0.05, 0.1) is 0 Å². The van der Waals surface area contributed by atoms with E-state index in [1.807, 2.05) is 12.1 Å². The maximum absolute atomic E-state index is 12.7. The predicted molar refractivity (Wildman–Crippen MR) is 76.7 cm³/mol. The standard InChI is InChI=1S/C15H24FN3/c1-18-9-11-19(12-10-18)8-2-7-17-13-14-3-5-15(16)6-4-14/h3-6,17H,2,7-13H2,1H3. The normalized spacial score (nSPS) is 17.8. The van der Waals surface area contributed by atoms with E-state index < -0.39 is 0 Å². The molecule has 19 heavy (non-hydrogen) atoms. The Kier molecular flexibility index (Phi) is 5.76. The van der Waals surface area contributed by atoms with Gasteiger partial charge in [0, 0.05) is 32.7 Å². The van der Waals surface area contributed by atoms with Crippen LogP contribution in [-0.2, 0) is 6.54 Å². The molecule has 0 atom stereocenters. The van der Waals surface area contributed by atoms with Gasteiger partial charge in [0.15, 0.2) is 0 Å². The smallest absolute Gasteiger partial charge is 0.123 e. The summed E-state index contributed by atoms with van der Waals surface area (Å²) >= 11 is 0. The van der Waals surface area contributed by atoms with Crippen molar-refractivity contribution in [1.29, 1.82) is 0 Å². The Hall–Kier alpha value is -0.970. The van der Waals surface area contributed by atoms with Crippen molar-refractivity contribution in [3.63, 3.8) is 0 Å². The minimum atomic E-state index is -0.168. The molecule has 0 amide bonds. The van der Waals surface area contributed by atoms with Crippen LogP contribution >= 0.6 is 0 Å². The topological polar surface area (TPSA) is 18.5 Å². The Morgan fingerprint density at radius 3 is 2.47 bits per heavy atom. The van der Waals surface area contributed by atoms with Gasteiger partial charge >= 0.3 is 0 Å². The quantitative estimate of drug-likeness (QED) is 0.787. The summed E-state index contributed by atoms with van der Waals surface area (Å²) in [6, 6.07) is 6.70. The van der Waals surface area contributed by atoms with E-state index in [9.17, 15) is 4.39 Å². The molecule has 1 N–H and O–H groups in total. The largest absolute Gasteiger partial charge is 0.313 e. The summed E-state index contributed by atoms with van der Waals surface area (Å²) in [5.41, 5.74) is 1.14. The number of nitrogens with one attached hydrogen (secondary N) is 1. The minimum Gasteiger partial charge on any atom is -0.313 e. The first-order chi connectivity index (χ1) is 9.24. The third-order valence-corrected chi connectivity index (χ3v) is 3.67. The highest BCUT2D eigenvalue weighted by molar-refractivity contribution is 5.15. The summed E-state index contributed by atoms with van der Waals surface area (Å²) in [5, 5.41) is 3.41. The van der Waals surface area contributed by atoms with Crippen LogP contribution < -0.4 is 5.32 Å². The third kappa shape index (κ3) is 5.27. The molecule has 1 aliphatic rings. The van der Waals surface area contributed by atoms with Gasteiger partial charge in [0.1, 0.15) is 5.82 Å². The highest BCUT2D eigenvalue weighted by Crippen LogP contribution is 2.02. The number of halogens is 1. The molecular weight excluding hydrogens is 241 g/mol. The Balaban J connectivity index is 1.53. The monoisotopic (exact) mass is 265 g/mol. The van der Waals surface area contributed by atoms with Crippen molar-refractivity contribution in [2.24, 2.45) is 0 Å².